The van der Waals surface area contributed by atoms with Crippen LogP contribution in [0.5, 0.6) is 11.5 Å². The molecule has 10 heteroatoms. The van der Waals surface area contributed by atoms with Gasteiger partial charge in [-0.3, -0.25) is 9.59 Å². The van der Waals surface area contributed by atoms with Gasteiger partial charge in [-0.25, -0.2) is 8.42 Å². The van der Waals surface area contributed by atoms with Gasteiger partial charge in [0.1, 0.15) is 0 Å². The maximum Gasteiger partial charge on any atom is 0.309 e. The minimum absolute atomic E-state index is 0.0718. The molecule has 0 aliphatic carbocycles. The van der Waals surface area contributed by atoms with E-state index in [1.807, 2.05) is 0 Å². The van der Waals surface area contributed by atoms with Crippen LogP contribution >= 0.6 is 0 Å². The molecule has 2 aromatic rings. The van der Waals surface area contributed by atoms with E-state index in [1.54, 1.807) is 48.5 Å². The highest BCUT2D eigenvalue weighted by Gasteiger charge is 2.35. The van der Waals surface area contributed by atoms with Gasteiger partial charge in [-0.15, -0.1) is 0 Å². The number of ether oxygens (including phenoxy) is 2. The van der Waals surface area contributed by atoms with E-state index in [2.05, 4.69) is 10.6 Å². The average Bonchev–Trinajstić information content (AvgIpc) is 3.45. The standard InChI is InChI=1S/C21H23N3O6S/c25-20(22-12-15-8-9-18-19(11-15)30-14-29-18)21(26)23-13-16-5-4-10-24(16)31(27,28)17-6-2-1-3-7-17/h1-3,6-9,11,16H,4-5,10,12-14H2,(H,22,25)(H,23,26). The Hall–Kier alpha value is -3.11. The van der Waals surface area contributed by atoms with E-state index in [9.17, 15) is 18.0 Å². The number of hydrogen-bond donors (Lipinski definition) is 2. The van der Waals surface area contributed by atoms with Gasteiger partial charge in [0.25, 0.3) is 0 Å². The van der Waals surface area contributed by atoms with Crippen LogP contribution in [-0.2, 0) is 26.2 Å². The molecule has 0 bridgehead atoms. The Kier molecular flexibility index (Phi) is 6.10. The van der Waals surface area contributed by atoms with Gasteiger partial charge >= 0.3 is 11.8 Å². The first-order valence-electron chi connectivity index (χ1n) is 9.96. The summed E-state index contributed by atoms with van der Waals surface area (Å²) in [5.41, 5.74) is 0.765. The van der Waals surface area contributed by atoms with Crippen molar-refractivity contribution in [2.45, 2.75) is 30.3 Å². The van der Waals surface area contributed by atoms with Crippen LogP contribution in [-0.4, -0.2) is 50.5 Å². The SMILES string of the molecule is O=C(NCc1ccc2c(c1)OCO2)C(=O)NCC1CCCN1S(=O)(=O)c1ccccc1. The van der Waals surface area contributed by atoms with Gasteiger partial charge in [0.15, 0.2) is 11.5 Å². The van der Waals surface area contributed by atoms with Gasteiger partial charge in [0.2, 0.25) is 16.8 Å². The van der Waals surface area contributed by atoms with Crippen LogP contribution in [0.3, 0.4) is 0 Å². The second-order valence-electron chi connectivity index (χ2n) is 7.31. The number of hydrogen-bond acceptors (Lipinski definition) is 6. The normalized spacial score (nSPS) is 18.0. The Labute approximate surface area is 180 Å². The molecule has 1 saturated heterocycles. The Morgan fingerprint density at radius 2 is 1.74 bits per heavy atom. The molecule has 2 amide bonds. The Morgan fingerprint density at radius 1 is 1.00 bits per heavy atom. The van der Waals surface area contributed by atoms with Crippen LogP contribution in [0.25, 0.3) is 0 Å². The molecule has 2 N–H and O–H groups in total. The Bertz CT molecular complexity index is 1070. The van der Waals surface area contributed by atoms with Crippen molar-refractivity contribution < 1.29 is 27.5 Å². The number of amides is 2. The topological polar surface area (TPSA) is 114 Å². The van der Waals surface area contributed by atoms with Crippen molar-refractivity contribution in [2.75, 3.05) is 19.9 Å². The zero-order chi connectivity index (χ0) is 21.8. The number of rotatable bonds is 6. The zero-order valence-electron chi connectivity index (χ0n) is 16.7. The van der Waals surface area contributed by atoms with Gasteiger partial charge < -0.3 is 20.1 Å². The summed E-state index contributed by atoms with van der Waals surface area (Å²) in [6.07, 6.45) is 1.31. The number of nitrogens with zero attached hydrogens (tertiary/aromatic N) is 1. The molecule has 9 nitrogen and oxygen atoms in total. The Morgan fingerprint density at radius 3 is 2.55 bits per heavy atom. The first-order valence-corrected chi connectivity index (χ1v) is 11.4. The van der Waals surface area contributed by atoms with Crippen LogP contribution in [0.2, 0.25) is 0 Å². The molecule has 2 aliphatic heterocycles. The molecule has 0 saturated carbocycles. The molecule has 1 unspecified atom stereocenters. The van der Waals surface area contributed by atoms with E-state index in [4.69, 9.17) is 9.47 Å². The molecule has 164 valence electrons. The number of fused-ring (bicyclic) bond motifs is 1. The minimum Gasteiger partial charge on any atom is -0.454 e. The number of nitrogens with one attached hydrogen (secondary N) is 2. The molecule has 0 radical (unpaired) electrons. The van der Waals surface area contributed by atoms with Crippen LogP contribution in [0, 0.1) is 0 Å². The predicted octanol–water partition coefficient (Wildman–Crippen LogP) is 1.00. The lowest BCUT2D eigenvalue weighted by Crippen LogP contribution is -2.46. The summed E-state index contributed by atoms with van der Waals surface area (Å²) in [5.74, 6) is -0.352. The lowest BCUT2D eigenvalue weighted by molar-refractivity contribution is -0.139. The van der Waals surface area contributed by atoms with E-state index < -0.39 is 27.9 Å². The molecule has 31 heavy (non-hydrogen) atoms. The maximum atomic E-state index is 12.9. The fraction of sp³-hybridized carbons (Fsp3) is 0.333. The number of carbonyl (C=O) groups excluding carboxylic acids is 2. The van der Waals surface area contributed by atoms with E-state index in [0.29, 0.717) is 30.9 Å². The van der Waals surface area contributed by atoms with Crippen molar-refractivity contribution in [3.8, 4) is 11.5 Å². The third-order valence-corrected chi connectivity index (χ3v) is 7.23. The summed E-state index contributed by atoms with van der Waals surface area (Å²) in [7, 11) is -3.65. The summed E-state index contributed by atoms with van der Waals surface area (Å²) in [6.45, 7) is 0.767. The average molecular weight is 445 g/mol. The molecule has 1 fully saturated rings. The van der Waals surface area contributed by atoms with Crippen LogP contribution in [0.1, 0.15) is 18.4 Å². The summed E-state index contributed by atoms with van der Waals surface area (Å²) < 4.78 is 37.7. The fourth-order valence-electron chi connectivity index (χ4n) is 3.66. The van der Waals surface area contributed by atoms with Crippen LogP contribution < -0.4 is 20.1 Å². The van der Waals surface area contributed by atoms with E-state index in [0.717, 1.165) is 5.56 Å². The van der Waals surface area contributed by atoms with Gasteiger partial charge in [0.05, 0.1) is 4.90 Å². The summed E-state index contributed by atoms with van der Waals surface area (Å²) in [4.78, 5) is 24.6. The number of carbonyl (C=O) groups is 2. The van der Waals surface area contributed by atoms with Crippen molar-refractivity contribution in [3.05, 3.63) is 54.1 Å². The third kappa shape index (κ3) is 4.64. The monoisotopic (exact) mass is 445 g/mol. The quantitative estimate of drug-likeness (QED) is 0.642. The first-order chi connectivity index (χ1) is 14.9. The number of benzene rings is 2. The van der Waals surface area contributed by atoms with Crippen molar-refractivity contribution >= 4 is 21.8 Å². The van der Waals surface area contributed by atoms with Crippen molar-refractivity contribution in [2.24, 2.45) is 0 Å². The zero-order valence-corrected chi connectivity index (χ0v) is 17.6. The lowest BCUT2D eigenvalue weighted by Gasteiger charge is -2.24. The van der Waals surface area contributed by atoms with E-state index in [-0.39, 0.29) is 24.8 Å². The second kappa shape index (κ2) is 8.94. The van der Waals surface area contributed by atoms with Gasteiger partial charge in [-0.05, 0) is 42.7 Å². The highest BCUT2D eigenvalue weighted by atomic mass is 32.2. The van der Waals surface area contributed by atoms with Gasteiger partial charge in [-0.2, -0.15) is 4.31 Å². The smallest absolute Gasteiger partial charge is 0.309 e. The lowest BCUT2D eigenvalue weighted by atomic mass is 10.2. The van der Waals surface area contributed by atoms with Crippen molar-refractivity contribution in [1.82, 2.24) is 14.9 Å². The molecule has 2 heterocycles. The van der Waals surface area contributed by atoms with Gasteiger partial charge in [-0.1, -0.05) is 24.3 Å². The Balaban J connectivity index is 1.30. The molecular formula is C21H23N3O6S. The van der Waals surface area contributed by atoms with Crippen LogP contribution in [0.4, 0.5) is 0 Å². The molecule has 0 spiro atoms. The molecule has 1 atom stereocenters. The largest absolute Gasteiger partial charge is 0.454 e. The van der Waals surface area contributed by atoms with Crippen molar-refractivity contribution in [1.29, 1.82) is 0 Å². The predicted molar refractivity (Wildman–Crippen MR) is 111 cm³/mol. The van der Waals surface area contributed by atoms with Crippen LogP contribution in [0.15, 0.2) is 53.4 Å². The third-order valence-electron chi connectivity index (χ3n) is 5.27. The molecule has 2 aromatic carbocycles. The fourth-order valence-corrected chi connectivity index (χ4v) is 5.38. The second-order valence-corrected chi connectivity index (χ2v) is 9.20. The molecule has 0 aromatic heterocycles. The summed E-state index contributed by atoms with van der Waals surface area (Å²) in [6, 6.07) is 13.1. The summed E-state index contributed by atoms with van der Waals surface area (Å²) in [5, 5.41) is 5.11. The van der Waals surface area contributed by atoms with E-state index >= 15 is 0 Å². The first kappa shape index (κ1) is 21.1. The maximum absolute atomic E-state index is 12.9. The van der Waals surface area contributed by atoms with E-state index in [1.165, 1.54) is 4.31 Å². The molecular weight excluding hydrogens is 422 g/mol. The highest BCUT2D eigenvalue weighted by Crippen LogP contribution is 2.32. The highest BCUT2D eigenvalue weighted by molar-refractivity contribution is 7.89. The summed E-state index contributed by atoms with van der Waals surface area (Å²) >= 11 is 0. The van der Waals surface area contributed by atoms with Crippen molar-refractivity contribution in [3.63, 3.8) is 0 Å². The minimum atomic E-state index is -3.65. The number of sulfonamides is 1. The molecule has 2 aliphatic rings. The molecule has 4 rings (SSSR count). The van der Waals surface area contributed by atoms with Gasteiger partial charge in [0, 0.05) is 25.7 Å².